The fourth-order valence-corrected chi connectivity index (χ4v) is 6.40. The Labute approximate surface area is 248 Å². The van der Waals surface area contributed by atoms with E-state index in [1.807, 2.05) is 24.3 Å². The first-order valence-corrected chi connectivity index (χ1v) is 15.8. The summed E-state index contributed by atoms with van der Waals surface area (Å²) in [6.45, 7) is 4.06. The second-order valence-corrected chi connectivity index (χ2v) is 12.6. The van der Waals surface area contributed by atoms with Crippen LogP contribution in [-0.2, 0) is 10.7 Å². The molecule has 4 rings (SSSR count). The molecule has 1 atom stereocenters. The molecule has 2 N–H and O–H groups in total. The minimum absolute atomic E-state index is 0.00999. The first-order valence-electron chi connectivity index (χ1n) is 15.1. The fraction of sp³-hybridized carbons (Fsp3) is 0.594. The number of alkyl halides is 2. The summed E-state index contributed by atoms with van der Waals surface area (Å²) in [6, 6.07) is 11.6. The molecule has 226 valence electrons. The standard InChI is InChI=1S/C32H45F2N3O3S/c1-3-4-22-39-27-12-10-25(11-13-27)32(33,34)30(31(38)37-20-18-26(35)19-21-37)36(2)41-29-16-14-28(15-17-29)40-23-24-8-6-5-7-9-24/h10-17,24,26,30H,3-9,18-23,35H2,1-2H3. The van der Waals surface area contributed by atoms with Crippen molar-refractivity contribution in [3.05, 3.63) is 54.1 Å². The third kappa shape index (κ3) is 8.82. The molecule has 1 saturated heterocycles. The molecule has 1 unspecified atom stereocenters. The Morgan fingerprint density at radius 1 is 1.00 bits per heavy atom. The highest BCUT2D eigenvalue weighted by Gasteiger charge is 2.50. The van der Waals surface area contributed by atoms with E-state index in [9.17, 15) is 4.79 Å². The average Bonchev–Trinajstić information content (AvgIpc) is 2.98. The van der Waals surface area contributed by atoms with Crippen LogP contribution in [0.25, 0.3) is 0 Å². The number of carbonyl (C=O) groups is 1. The molecule has 0 bridgehead atoms. The molecule has 1 saturated carbocycles. The summed E-state index contributed by atoms with van der Waals surface area (Å²) in [6.07, 6.45) is 9.34. The van der Waals surface area contributed by atoms with Crippen LogP contribution in [0.1, 0.15) is 70.3 Å². The molecule has 2 aliphatic rings. The first-order chi connectivity index (χ1) is 19.8. The van der Waals surface area contributed by atoms with Gasteiger partial charge >= 0.3 is 0 Å². The second-order valence-electron chi connectivity index (χ2n) is 11.3. The van der Waals surface area contributed by atoms with Crippen LogP contribution in [0.5, 0.6) is 11.5 Å². The Bertz CT molecular complexity index is 1070. The Hall–Kier alpha value is -2.36. The van der Waals surface area contributed by atoms with E-state index in [0.717, 1.165) is 35.4 Å². The maximum Gasteiger partial charge on any atom is 0.298 e. The largest absolute Gasteiger partial charge is 0.494 e. The second kappa shape index (κ2) is 15.2. The summed E-state index contributed by atoms with van der Waals surface area (Å²) in [5.74, 6) is -2.12. The van der Waals surface area contributed by atoms with E-state index in [1.54, 1.807) is 19.2 Å². The molecule has 2 aromatic carbocycles. The number of likely N-dealkylation sites (tertiary alicyclic amines) is 1. The summed E-state index contributed by atoms with van der Waals surface area (Å²) in [5, 5.41) is 0. The number of rotatable bonds is 13. The topological polar surface area (TPSA) is 68.0 Å². The van der Waals surface area contributed by atoms with Gasteiger partial charge in [0, 0.05) is 29.6 Å². The lowest BCUT2D eigenvalue weighted by molar-refractivity contribution is -0.150. The van der Waals surface area contributed by atoms with E-state index in [2.05, 4.69) is 6.92 Å². The zero-order valence-electron chi connectivity index (χ0n) is 24.4. The van der Waals surface area contributed by atoms with Crippen LogP contribution in [-0.4, -0.2) is 60.5 Å². The number of halogens is 2. The molecule has 0 aromatic heterocycles. The average molecular weight is 590 g/mol. The van der Waals surface area contributed by atoms with Crippen molar-refractivity contribution < 1.29 is 23.0 Å². The number of piperidine rings is 1. The van der Waals surface area contributed by atoms with Gasteiger partial charge in [-0.3, -0.25) is 4.79 Å². The smallest absolute Gasteiger partial charge is 0.298 e. The van der Waals surface area contributed by atoms with Crippen LogP contribution >= 0.6 is 11.9 Å². The Balaban J connectivity index is 1.47. The molecule has 6 nitrogen and oxygen atoms in total. The van der Waals surface area contributed by atoms with Crippen LogP contribution in [0.2, 0.25) is 0 Å². The van der Waals surface area contributed by atoms with Crippen molar-refractivity contribution in [3.8, 4) is 11.5 Å². The summed E-state index contributed by atoms with van der Waals surface area (Å²) < 4.78 is 45.5. The van der Waals surface area contributed by atoms with Crippen LogP contribution in [0, 0.1) is 5.92 Å². The Morgan fingerprint density at radius 2 is 1.61 bits per heavy atom. The number of hydrogen-bond donors (Lipinski definition) is 1. The van der Waals surface area contributed by atoms with Crippen molar-refractivity contribution in [2.24, 2.45) is 11.7 Å². The quantitative estimate of drug-likeness (QED) is 0.203. The third-order valence-corrected chi connectivity index (χ3v) is 9.06. The zero-order valence-corrected chi connectivity index (χ0v) is 25.2. The van der Waals surface area contributed by atoms with Gasteiger partial charge in [0.05, 0.1) is 13.2 Å². The number of carbonyl (C=O) groups excluding carboxylic acids is 1. The first kappa shape index (κ1) is 31.6. The van der Waals surface area contributed by atoms with Gasteiger partial charge in [-0.1, -0.05) is 32.6 Å². The highest BCUT2D eigenvalue weighted by Crippen LogP contribution is 2.40. The number of nitrogens with zero attached hydrogens (tertiary/aromatic N) is 2. The van der Waals surface area contributed by atoms with Gasteiger partial charge in [0.25, 0.3) is 5.92 Å². The maximum absolute atomic E-state index is 16.2. The third-order valence-electron chi connectivity index (χ3n) is 8.08. The van der Waals surface area contributed by atoms with E-state index in [0.29, 0.717) is 50.8 Å². The van der Waals surface area contributed by atoms with E-state index in [4.69, 9.17) is 15.2 Å². The van der Waals surface area contributed by atoms with E-state index in [-0.39, 0.29) is 11.6 Å². The minimum Gasteiger partial charge on any atom is -0.494 e. The van der Waals surface area contributed by atoms with E-state index < -0.39 is 17.9 Å². The minimum atomic E-state index is -3.44. The Kier molecular flexibility index (Phi) is 11.7. The molecule has 1 heterocycles. The summed E-state index contributed by atoms with van der Waals surface area (Å²) in [7, 11) is 1.56. The lowest BCUT2D eigenvalue weighted by Gasteiger charge is -2.38. The van der Waals surface area contributed by atoms with Gasteiger partial charge in [0.2, 0.25) is 5.91 Å². The lowest BCUT2D eigenvalue weighted by Crippen LogP contribution is -2.55. The predicted octanol–water partition coefficient (Wildman–Crippen LogP) is 6.87. The van der Waals surface area contributed by atoms with Gasteiger partial charge in [-0.15, -0.1) is 0 Å². The van der Waals surface area contributed by atoms with Gasteiger partial charge in [0.1, 0.15) is 11.5 Å². The van der Waals surface area contributed by atoms with E-state index >= 15 is 8.78 Å². The Morgan fingerprint density at radius 3 is 2.24 bits per heavy atom. The number of benzene rings is 2. The van der Waals surface area contributed by atoms with Crippen molar-refractivity contribution in [3.63, 3.8) is 0 Å². The number of hydrogen-bond acceptors (Lipinski definition) is 6. The maximum atomic E-state index is 16.2. The SMILES string of the molecule is CCCCOc1ccc(C(F)(F)C(C(=O)N2CCC(N)CC2)N(C)Sc2ccc(OCC3CCCCC3)cc2)cc1. The van der Waals surface area contributed by atoms with Crippen LogP contribution in [0.15, 0.2) is 53.4 Å². The van der Waals surface area contributed by atoms with Crippen molar-refractivity contribution >= 4 is 17.9 Å². The predicted molar refractivity (Wildman–Crippen MR) is 160 cm³/mol. The van der Waals surface area contributed by atoms with Gasteiger partial charge < -0.3 is 20.1 Å². The summed E-state index contributed by atoms with van der Waals surface area (Å²) in [4.78, 5) is 16.0. The van der Waals surface area contributed by atoms with Crippen LogP contribution in [0.3, 0.4) is 0 Å². The molecule has 1 amide bonds. The molecular formula is C32H45F2N3O3S. The van der Waals surface area contributed by atoms with E-state index in [1.165, 1.54) is 53.4 Å². The summed E-state index contributed by atoms with van der Waals surface area (Å²) in [5.41, 5.74) is 5.81. The number of amides is 1. The van der Waals surface area contributed by atoms with Gasteiger partial charge in [-0.05, 0) is 106 Å². The monoisotopic (exact) mass is 589 g/mol. The normalized spacial score (nSPS) is 18.0. The van der Waals surface area contributed by atoms with Gasteiger partial charge in [-0.25, -0.2) is 4.31 Å². The van der Waals surface area contributed by atoms with Crippen molar-refractivity contribution in [2.45, 2.75) is 87.6 Å². The van der Waals surface area contributed by atoms with Gasteiger partial charge in [0.15, 0.2) is 6.04 Å². The van der Waals surface area contributed by atoms with Crippen molar-refractivity contribution in [2.75, 3.05) is 33.4 Å². The number of nitrogens with two attached hydrogens (primary N) is 1. The van der Waals surface area contributed by atoms with Crippen LogP contribution in [0.4, 0.5) is 8.78 Å². The highest BCUT2D eigenvalue weighted by atomic mass is 32.2. The molecule has 41 heavy (non-hydrogen) atoms. The summed E-state index contributed by atoms with van der Waals surface area (Å²) >= 11 is 1.14. The molecule has 1 aliphatic heterocycles. The molecule has 9 heteroatoms. The molecule has 2 fully saturated rings. The molecule has 0 radical (unpaired) electrons. The molecule has 1 aliphatic carbocycles. The zero-order chi connectivity index (χ0) is 29.2. The molecule has 0 spiro atoms. The highest BCUT2D eigenvalue weighted by molar-refractivity contribution is 7.97. The fourth-order valence-electron chi connectivity index (χ4n) is 5.48. The van der Waals surface area contributed by atoms with Crippen LogP contribution < -0.4 is 15.2 Å². The molecular weight excluding hydrogens is 544 g/mol. The number of unbranched alkanes of at least 4 members (excludes halogenated alkanes) is 1. The molecule has 2 aromatic rings. The lowest BCUT2D eigenvalue weighted by atomic mass is 9.90. The van der Waals surface area contributed by atoms with Crippen molar-refractivity contribution in [1.82, 2.24) is 9.21 Å². The number of ether oxygens (including phenoxy) is 2. The van der Waals surface area contributed by atoms with Gasteiger partial charge in [-0.2, -0.15) is 8.78 Å². The van der Waals surface area contributed by atoms with Crippen molar-refractivity contribution in [1.29, 1.82) is 0 Å². The number of likely N-dealkylation sites (N-methyl/N-ethyl adjacent to an activating group) is 1.